The monoisotopic (exact) mass is 340 g/mol. The first kappa shape index (κ1) is 18.9. The van der Waals surface area contributed by atoms with Crippen molar-refractivity contribution in [3.8, 4) is 0 Å². The maximum Gasteiger partial charge on any atom is 0.244 e. The third-order valence-corrected chi connectivity index (χ3v) is 3.40. The molecule has 0 fully saturated rings. The van der Waals surface area contributed by atoms with Crippen molar-refractivity contribution in [2.24, 2.45) is 5.73 Å². The van der Waals surface area contributed by atoms with E-state index in [1.54, 1.807) is 31.2 Å². The Morgan fingerprint density at radius 1 is 1.35 bits per heavy atom. The van der Waals surface area contributed by atoms with E-state index in [2.05, 4.69) is 10.6 Å². The van der Waals surface area contributed by atoms with Crippen molar-refractivity contribution in [3.05, 3.63) is 24.3 Å². The van der Waals surface area contributed by atoms with E-state index in [1.807, 2.05) is 0 Å². The molecule has 1 aromatic carbocycles. The summed E-state index contributed by atoms with van der Waals surface area (Å²) in [7, 11) is 0. The van der Waals surface area contributed by atoms with Crippen molar-refractivity contribution in [2.45, 2.75) is 25.8 Å². The molecule has 0 radical (unpaired) electrons. The summed E-state index contributed by atoms with van der Waals surface area (Å²) in [6.07, 6.45) is 0.119. The minimum atomic E-state index is -0.252. The van der Waals surface area contributed by atoms with E-state index in [0.29, 0.717) is 17.9 Å². The van der Waals surface area contributed by atoms with Crippen LogP contribution in [0, 0.1) is 0 Å². The quantitative estimate of drug-likeness (QED) is 0.731. The van der Waals surface area contributed by atoms with Crippen molar-refractivity contribution in [1.29, 1.82) is 0 Å². The highest BCUT2D eigenvalue weighted by Gasteiger charge is 2.26. The van der Waals surface area contributed by atoms with Gasteiger partial charge in [0.1, 0.15) is 6.54 Å². The second kappa shape index (κ2) is 8.50. The summed E-state index contributed by atoms with van der Waals surface area (Å²) in [5.41, 5.74) is 6.69. The Morgan fingerprint density at radius 2 is 2.04 bits per heavy atom. The highest BCUT2D eigenvalue weighted by atomic mass is 35.5. The van der Waals surface area contributed by atoms with Crippen LogP contribution in [0.15, 0.2) is 24.3 Å². The molecule has 23 heavy (non-hydrogen) atoms. The van der Waals surface area contributed by atoms with Crippen molar-refractivity contribution < 1.29 is 14.4 Å². The molecular weight excluding hydrogens is 320 g/mol. The summed E-state index contributed by atoms with van der Waals surface area (Å²) in [6.45, 7) is 2.11. The zero-order valence-corrected chi connectivity index (χ0v) is 13.7. The van der Waals surface area contributed by atoms with Gasteiger partial charge in [-0.05, 0) is 19.1 Å². The third kappa shape index (κ3) is 4.94. The van der Waals surface area contributed by atoms with Crippen LogP contribution in [-0.2, 0) is 14.4 Å². The van der Waals surface area contributed by atoms with Crippen molar-refractivity contribution >= 4 is 41.5 Å². The van der Waals surface area contributed by atoms with Gasteiger partial charge in [0.25, 0.3) is 0 Å². The average Bonchev–Trinajstić information content (AvgIpc) is 2.51. The second-order valence-corrected chi connectivity index (χ2v) is 5.25. The Morgan fingerprint density at radius 3 is 2.74 bits per heavy atom. The number of para-hydroxylation sites is 2. The van der Waals surface area contributed by atoms with Gasteiger partial charge in [0.05, 0.1) is 11.4 Å². The first-order valence-corrected chi connectivity index (χ1v) is 7.20. The molecule has 1 aliphatic rings. The Labute approximate surface area is 141 Å². The molecule has 0 bridgehead atoms. The number of anilines is 2. The van der Waals surface area contributed by atoms with Crippen LogP contribution in [0.2, 0.25) is 0 Å². The fourth-order valence-electron chi connectivity index (χ4n) is 2.22. The summed E-state index contributed by atoms with van der Waals surface area (Å²) >= 11 is 0. The van der Waals surface area contributed by atoms with Crippen LogP contribution in [0.4, 0.5) is 11.4 Å². The van der Waals surface area contributed by atoms with Gasteiger partial charge in [-0.3, -0.25) is 14.4 Å². The number of nitrogens with zero attached hydrogens (tertiary/aromatic N) is 1. The lowest BCUT2D eigenvalue weighted by atomic mass is 10.1. The van der Waals surface area contributed by atoms with Gasteiger partial charge in [-0.15, -0.1) is 12.4 Å². The van der Waals surface area contributed by atoms with E-state index in [4.69, 9.17) is 5.73 Å². The van der Waals surface area contributed by atoms with Gasteiger partial charge in [-0.1, -0.05) is 12.1 Å². The molecule has 0 unspecified atom stereocenters. The number of hydrogen-bond donors (Lipinski definition) is 3. The van der Waals surface area contributed by atoms with Gasteiger partial charge in [0.15, 0.2) is 0 Å². The first-order valence-electron chi connectivity index (χ1n) is 7.20. The van der Waals surface area contributed by atoms with Crippen LogP contribution >= 0.6 is 12.4 Å². The largest absolute Gasteiger partial charge is 0.352 e. The van der Waals surface area contributed by atoms with Gasteiger partial charge in [-0.2, -0.15) is 0 Å². The van der Waals surface area contributed by atoms with Crippen LogP contribution < -0.4 is 21.3 Å². The summed E-state index contributed by atoms with van der Waals surface area (Å²) in [6, 6.07) is 6.97. The Kier molecular flexibility index (Phi) is 6.99. The summed E-state index contributed by atoms with van der Waals surface area (Å²) in [5, 5.41) is 5.42. The molecule has 126 valence electrons. The molecule has 2 rings (SSSR count). The maximum absolute atomic E-state index is 12.3. The van der Waals surface area contributed by atoms with Gasteiger partial charge in [-0.25, -0.2) is 0 Å². The molecule has 1 atom stereocenters. The fraction of sp³-hybridized carbons (Fsp3) is 0.400. The van der Waals surface area contributed by atoms with E-state index in [0.717, 1.165) is 0 Å². The topological polar surface area (TPSA) is 105 Å². The van der Waals surface area contributed by atoms with Gasteiger partial charge in [0.2, 0.25) is 17.7 Å². The summed E-state index contributed by atoms with van der Waals surface area (Å²) in [5.74, 6) is -0.716. The lowest BCUT2D eigenvalue weighted by Crippen LogP contribution is -2.43. The SMILES string of the molecule is C[C@@H](CN)NC(=O)CCC(=O)N1CC(=O)Nc2ccccc21.Cl. The number of benzene rings is 1. The standard InChI is InChI=1S/C15H20N4O3.ClH/c1-10(8-16)17-13(20)6-7-15(22)19-9-14(21)18-11-4-2-3-5-12(11)19;/h2-5,10H,6-9,16H2,1H3,(H,17,20)(H,18,21);1H/t10-;/m0./s1. The molecule has 1 heterocycles. The van der Waals surface area contributed by atoms with Crippen LogP contribution in [0.25, 0.3) is 0 Å². The van der Waals surface area contributed by atoms with Gasteiger partial charge in [0, 0.05) is 25.4 Å². The molecule has 4 N–H and O–H groups in total. The van der Waals surface area contributed by atoms with E-state index in [9.17, 15) is 14.4 Å². The molecule has 8 heteroatoms. The number of hydrogen-bond acceptors (Lipinski definition) is 4. The van der Waals surface area contributed by atoms with Crippen molar-refractivity contribution in [2.75, 3.05) is 23.3 Å². The van der Waals surface area contributed by atoms with Crippen LogP contribution in [0.1, 0.15) is 19.8 Å². The van der Waals surface area contributed by atoms with Crippen LogP contribution in [-0.4, -0.2) is 36.9 Å². The minimum absolute atomic E-state index is 0. The lowest BCUT2D eigenvalue weighted by Gasteiger charge is -2.29. The highest BCUT2D eigenvalue weighted by molar-refractivity contribution is 6.10. The van der Waals surface area contributed by atoms with Gasteiger partial charge < -0.3 is 21.3 Å². The van der Waals surface area contributed by atoms with Crippen molar-refractivity contribution in [1.82, 2.24) is 5.32 Å². The lowest BCUT2D eigenvalue weighted by molar-refractivity contribution is -0.126. The predicted molar refractivity (Wildman–Crippen MR) is 90.6 cm³/mol. The smallest absolute Gasteiger partial charge is 0.244 e. The number of carbonyl (C=O) groups excluding carboxylic acids is 3. The highest BCUT2D eigenvalue weighted by Crippen LogP contribution is 2.29. The third-order valence-electron chi connectivity index (χ3n) is 3.40. The van der Waals surface area contributed by atoms with Crippen LogP contribution in [0.3, 0.4) is 0 Å². The molecule has 0 aliphatic carbocycles. The Balaban J connectivity index is 0.00000264. The Bertz CT molecular complexity index is 594. The fourth-order valence-corrected chi connectivity index (χ4v) is 2.22. The zero-order valence-electron chi connectivity index (χ0n) is 12.9. The predicted octanol–water partition coefficient (Wildman–Crippen LogP) is 0.637. The number of rotatable bonds is 5. The number of nitrogens with one attached hydrogen (secondary N) is 2. The summed E-state index contributed by atoms with van der Waals surface area (Å²) < 4.78 is 0. The number of nitrogens with two attached hydrogens (primary N) is 1. The molecule has 1 aliphatic heterocycles. The molecule has 1 aromatic rings. The Hall–Kier alpha value is -2.12. The number of carbonyl (C=O) groups is 3. The summed E-state index contributed by atoms with van der Waals surface area (Å²) in [4.78, 5) is 37.1. The molecule has 0 aromatic heterocycles. The number of amides is 3. The normalized spacial score (nSPS) is 14.2. The molecule has 3 amide bonds. The maximum atomic E-state index is 12.3. The van der Waals surface area contributed by atoms with E-state index in [1.165, 1.54) is 4.90 Å². The molecule has 7 nitrogen and oxygen atoms in total. The van der Waals surface area contributed by atoms with E-state index in [-0.39, 0.29) is 55.6 Å². The molecule has 0 saturated heterocycles. The van der Waals surface area contributed by atoms with Crippen LogP contribution in [0.5, 0.6) is 0 Å². The number of fused-ring (bicyclic) bond motifs is 1. The second-order valence-electron chi connectivity index (χ2n) is 5.25. The molecule has 0 saturated carbocycles. The number of halogens is 1. The van der Waals surface area contributed by atoms with Crippen molar-refractivity contribution in [3.63, 3.8) is 0 Å². The minimum Gasteiger partial charge on any atom is -0.352 e. The molecule has 0 spiro atoms. The molecular formula is C15H21ClN4O3. The van der Waals surface area contributed by atoms with E-state index < -0.39 is 0 Å². The first-order chi connectivity index (χ1) is 10.5. The average molecular weight is 341 g/mol. The van der Waals surface area contributed by atoms with Gasteiger partial charge >= 0.3 is 0 Å². The zero-order chi connectivity index (χ0) is 16.1. The van der Waals surface area contributed by atoms with E-state index >= 15 is 0 Å².